The number of benzene rings is 1. The standard InChI is InChI=1S/C32H38F2N6O3/c1-30(2,3)43-29(41)39(14-12-33)32(11-9-25-10-13-36-40(25)21-32)23-6-8-28(35-18-23)38-19-24-17-31(20-38,37-24)16-22-5-7-27(42-4)26(34)15-22/h5-11,13,15,18,24,37H,12,14,16-17,19-21H2,1-4H3. The van der Waals surface area contributed by atoms with Gasteiger partial charge in [0.1, 0.15) is 23.6 Å². The number of rotatable bonds is 8. The largest absolute Gasteiger partial charge is 0.494 e. The summed E-state index contributed by atoms with van der Waals surface area (Å²) >= 11 is 0. The number of nitrogens with zero attached hydrogens (tertiary/aromatic N) is 5. The lowest BCUT2D eigenvalue weighted by atomic mass is 9.73. The predicted octanol–water partition coefficient (Wildman–Crippen LogP) is 4.72. The molecule has 228 valence electrons. The van der Waals surface area contributed by atoms with Crippen LogP contribution in [0.15, 0.2) is 54.9 Å². The number of methoxy groups -OCH3 is 1. The van der Waals surface area contributed by atoms with Crippen LogP contribution in [0.3, 0.4) is 0 Å². The van der Waals surface area contributed by atoms with Crippen molar-refractivity contribution in [1.29, 1.82) is 0 Å². The summed E-state index contributed by atoms with van der Waals surface area (Å²) < 4.78 is 40.9. The van der Waals surface area contributed by atoms with E-state index in [1.54, 1.807) is 50.0 Å². The van der Waals surface area contributed by atoms with Crippen LogP contribution in [0.1, 0.15) is 44.0 Å². The van der Waals surface area contributed by atoms with Crippen LogP contribution in [0, 0.1) is 5.82 Å². The Bertz CT molecular complexity index is 1510. The van der Waals surface area contributed by atoms with Gasteiger partial charge in [-0.25, -0.2) is 18.6 Å². The summed E-state index contributed by atoms with van der Waals surface area (Å²) in [5.41, 5.74) is 0.560. The Morgan fingerprint density at radius 3 is 2.70 bits per heavy atom. The molecule has 0 radical (unpaired) electrons. The first kappa shape index (κ1) is 29.1. The number of hydrogen-bond donors (Lipinski definition) is 1. The first-order valence-corrected chi connectivity index (χ1v) is 14.6. The molecule has 6 heterocycles. The smallest absolute Gasteiger partial charge is 0.411 e. The second-order valence-corrected chi connectivity index (χ2v) is 12.7. The summed E-state index contributed by atoms with van der Waals surface area (Å²) in [6.07, 6.45) is 8.38. The first-order valence-electron chi connectivity index (χ1n) is 14.6. The molecule has 0 saturated carbocycles. The molecule has 3 fully saturated rings. The van der Waals surface area contributed by atoms with Crippen LogP contribution in [0.4, 0.5) is 19.4 Å². The zero-order valence-electron chi connectivity index (χ0n) is 25.0. The number of amides is 1. The topological polar surface area (TPSA) is 84.8 Å². The molecule has 2 bridgehead atoms. The molecular formula is C32H38F2N6O3. The minimum Gasteiger partial charge on any atom is -0.494 e. The van der Waals surface area contributed by atoms with Crippen molar-refractivity contribution >= 4 is 18.0 Å². The molecule has 1 N–H and O–H groups in total. The van der Waals surface area contributed by atoms with E-state index in [4.69, 9.17) is 14.5 Å². The molecule has 4 aliphatic rings. The lowest BCUT2D eigenvalue weighted by Crippen LogP contribution is -2.76. The Morgan fingerprint density at radius 2 is 2.02 bits per heavy atom. The zero-order valence-corrected chi connectivity index (χ0v) is 25.0. The number of halogens is 2. The maximum absolute atomic E-state index is 14.4. The van der Waals surface area contributed by atoms with E-state index in [1.807, 2.05) is 36.4 Å². The molecular weight excluding hydrogens is 554 g/mol. The van der Waals surface area contributed by atoms with Crippen LogP contribution in [-0.4, -0.2) is 76.4 Å². The number of piperidine rings is 1. The van der Waals surface area contributed by atoms with Gasteiger partial charge < -0.3 is 19.7 Å². The maximum atomic E-state index is 14.4. The van der Waals surface area contributed by atoms with Gasteiger partial charge in [0.2, 0.25) is 0 Å². The molecule has 2 aromatic heterocycles. The molecule has 3 unspecified atom stereocenters. The summed E-state index contributed by atoms with van der Waals surface area (Å²) in [5.74, 6) is 0.684. The van der Waals surface area contributed by atoms with Gasteiger partial charge >= 0.3 is 6.09 Å². The SMILES string of the molecule is COc1ccc(CC23CC(CN(c4ccc(C5(N(CCF)C(=O)OC(C)(C)C)C=Cc6ccnn6C5)cn4)C2)N3)cc1F. The number of aromatic nitrogens is 3. The molecule has 9 nitrogen and oxygen atoms in total. The van der Waals surface area contributed by atoms with Gasteiger partial charge in [0.05, 0.1) is 25.9 Å². The van der Waals surface area contributed by atoms with Crippen LogP contribution in [0.5, 0.6) is 5.75 Å². The highest BCUT2D eigenvalue weighted by Gasteiger charge is 2.50. The molecule has 1 amide bonds. The molecule has 4 aliphatic heterocycles. The van der Waals surface area contributed by atoms with Crippen molar-refractivity contribution in [3.05, 3.63) is 77.5 Å². The van der Waals surface area contributed by atoms with E-state index in [9.17, 15) is 13.6 Å². The predicted molar refractivity (Wildman–Crippen MR) is 159 cm³/mol. The number of anilines is 1. The molecule has 11 heteroatoms. The van der Waals surface area contributed by atoms with Gasteiger partial charge in [-0.2, -0.15) is 5.10 Å². The Balaban J connectivity index is 1.27. The molecule has 0 spiro atoms. The normalized spacial score (nSPS) is 24.2. The third kappa shape index (κ3) is 5.58. The Labute approximate surface area is 250 Å². The lowest BCUT2D eigenvalue weighted by molar-refractivity contribution is -0.00159. The van der Waals surface area contributed by atoms with E-state index >= 15 is 0 Å². The minimum absolute atomic E-state index is 0.147. The first-order chi connectivity index (χ1) is 20.5. The van der Waals surface area contributed by atoms with Gasteiger partial charge in [0, 0.05) is 42.6 Å². The second kappa shape index (κ2) is 10.9. The molecule has 3 atom stereocenters. The molecule has 7 rings (SSSR count). The van der Waals surface area contributed by atoms with E-state index in [1.165, 1.54) is 12.0 Å². The van der Waals surface area contributed by atoms with Gasteiger partial charge in [-0.05, 0) is 69.5 Å². The molecule has 0 aliphatic carbocycles. The highest BCUT2D eigenvalue weighted by atomic mass is 19.1. The Kier molecular flexibility index (Phi) is 7.40. The van der Waals surface area contributed by atoms with Gasteiger partial charge in [0.25, 0.3) is 0 Å². The van der Waals surface area contributed by atoms with Gasteiger partial charge in [-0.15, -0.1) is 0 Å². The summed E-state index contributed by atoms with van der Waals surface area (Å²) in [7, 11) is 1.46. The number of fused-ring (bicyclic) bond motifs is 3. The third-order valence-electron chi connectivity index (χ3n) is 8.49. The average Bonchev–Trinajstić information content (AvgIpc) is 3.42. The number of carbonyl (C=O) groups excluding carboxylic acids is 1. The summed E-state index contributed by atoms with van der Waals surface area (Å²) in [6, 6.07) is 11.2. The van der Waals surface area contributed by atoms with E-state index in [0.717, 1.165) is 42.1 Å². The average molecular weight is 593 g/mol. The van der Waals surface area contributed by atoms with E-state index < -0.39 is 23.9 Å². The van der Waals surface area contributed by atoms with Crippen molar-refractivity contribution < 1.29 is 23.0 Å². The molecule has 1 aromatic carbocycles. The van der Waals surface area contributed by atoms with Crippen molar-refractivity contribution in [3.8, 4) is 5.75 Å². The highest BCUT2D eigenvalue weighted by Crippen LogP contribution is 2.40. The quantitative estimate of drug-likeness (QED) is 0.405. The summed E-state index contributed by atoms with van der Waals surface area (Å²) in [5, 5.41) is 8.13. The summed E-state index contributed by atoms with van der Waals surface area (Å²) in [4.78, 5) is 22.0. The molecule has 3 aromatic rings. The number of ether oxygens (including phenoxy) is 2. The summed E-state index contributed by atoms with van der Waals surface area (Å²) in [6.45, 7) is 6.32. The molecule has 3 saturated heterocycles. The van der Waals surface area contributed by atoms with Crippen LogP contribution in [-0.2, 0) is 23.2 Å². The second-order valence-electron chi connectivity index (χ2n) is 12.7. The van der Waals surface area contributed by atoms with Crippen LogP contribution in [0.2, 0.25) is 0 Å². The number of alkyl halides is 1. The number of nitrogens with one attached hydrogen (secondary N) is 1. The Morgan fingerprint density at radius 1 is 1.21 bits per heavy atom. The fourth-order valence-corrected chi connectivity index (χ4v) is 6.69. The number of pyridine rings is 1. The highest BCUT2D eigenvalue weighted by molar-refractivity contribution is 5.71. The molecule has 43 heavy (non-hydrogen) atoms. The van der Waals surface area contributed by atoms with E-state index in [0.29, 0.717) is 19.0 Å². The number of carbonyl (C=O) groups is 1. The maximum Gasteiger partial charge on any atom is 0.411 e. The van der Waals surface area contributed by atoms with Crippen molar-refractivity contribution in [3.63, 3.8) is 0 Å². The van der Waals surface area contributed by atoms with E-state index in [-0.39, 0.29) is 23.7 Å². The van der Waals surface area contributed by atoms with Crippen molar-refractivity contribution in [2.24, 2.45) is 0 Å². The van der Waals surface area contributed by atoms with Crippen molar-refractivity contribution in [2.75, 3.05) is 38.3 Å². The van der Waals surface area contributed by atoms with Gasteiger partial charge in [0.15, 0.2) is 11.6 Å². The number of hydrogen-bond acceptors (Lipinski definition) is 7. The van der Waals surface area contributed by atoms with Gasteiger partial charge in [-0.1, -0.05) is 18.2 Å². The van der Waals surface area contributed by atoms with Crippen LogP contribution in [0.25, 0.3) is 6.08 Å². The lowest BCUT2D eigenvalue weighted by Gasteiger charge is -2.58. The zero-order chi connectivity index (χ0) is 30.4. The fraction of sp³-hybridized carbons (Fsp3) is 0.469. The van der Waals surface area contributed by atoms with Crippen molar-refractivity contribution in [1.82, 2.24) is 25.0 Å². The number of piperazine rings is 1. The monoisotopic (exact) mass is 592 g/mol. The van der Waals surface area contributed by atoms with E-state index in [2.05, 4.69) is 15.3 Å². The minimum atomic E-state index is -1.05. The third-order valence-corrected chi connectivity index (χ3v) is 8.49. The Hall–Kier alpha value is -3.99. The van der Waals surface area contributed by atoms with Crippen molar-refractivity contribution in [2.45, 2.75) is 62.9 Å². The van der Waals surface area contributed by atoms with Crippen LogP contribution >= 0.6 is 0 Å². The fourth-order valence-electron chi connectivity index (χ4n) is 6.69. The van der Waals surface area contributed by atoms with Gasteiger partial charge in [-0.3, -0.25) is 9.58 Å². The van der Waals surface area contributed by atoms with Crippen LogP contribution < -0.4 is 15.0 Å².